The summed E-state index contributed by atoms with van der Waals surface area (Å²) < 4.78 is 9.34. The first kappa shape index (κ1) is 11.7. The molecule has 0 aromatic carbocycles. The lowest BCUT2D eigenvalue weighted by molar-refractivity contribution is -0.127. The fourth-order valence-electron chi connectivity index (χ4n) is 0.476. The molecule has 0 rings (SSSR count). The Morgan fingerprint density at radius 2 is 1.77 bits per heavy atom. The molecule has 5 nitrogen and oxygen atoms in total. The molecule has 0 bridgehead atoms. The van der Waals surface area contributed by atoms with Crippen LogP contribution in [-0.2, 0) is 14.3 Å². The lowest BCUT2D eigenvalue weighted by Crippen LogP contribution is -2.33. The minimum atomic E-state index is -0.963. The number of amides is 1. The van der Waals surface area contributed by atoms with Gasteiger partial charge in [-0.25, -0.2) is 4.79 Å². The normalized spacial score (nSPS) is 13.2. The Hall–Kier alpha value is -1.26. The molecule has 0 saturated carbocycles. The molecule has 0 aliphatic heterocycles. The van der Waals surface area contributed by atoms with Crippen molar-refractivity contribution in [1.29, 1.82) is 0 Å². The molecule has 0 fully saturated rings. The standard InChI is InChI=1S/C8H15NO4/c1-5(6(9)10)12-7(11)13-8(2,3)4/h5H,1-4H3,(H2,9,10)/t5-/m0/s1. The molecule has 2 N–H and O–H groups in total. The summed E-state index contributed by atoms with van der Waals surface area (Å²) in [5.74, 6) is -0.703. The second kappa shape index (κ2) is 4.11. The lowest BCUT2D eigenvalue weighted by Gasteiger charge is -2.19. The van der Waals surface area contributed by atoms with Gasteiger partial charge in [-0.2, -0.15) is 0 Å². The predicted molar refractivity (Wildman–Crippen MR) is 46.0 cm³/mol. The van der Waals surface area contributed by atoms with Gasteiger partial charge in [0.2, 0.25) is 0 Å². The molecule has 0 unspecified atom stereocenters. The number of carbonyl (C=O) groups excluding carboxylic acids is 2. The zero-order chi connectivity index (χ0) is 10.6. The van der Waals surface area contributed by atoms with E-state index in [-0.39, 0.29) is 0 Å². The molecule has 5 heteroatoms. The van der Waals surface area contributed by atoms with Gasteiger partial charge in [0.05, 0.1) is 0 Å². The van der Waals surface area contributed by atoms with E-state index >= 15 is 0 Å². The highest BCUT2D eigenvalue weighted by Crippen LogP contribution is 2.08. The number of ether oxygens (including phenoxy) is 2. The molecule has 0 aliphatic rings. The van der Waals surface area contributed by atoms with Gasteiger partial charge in [-0.05, 0) is 27.7 Å². The summed E-state index contributed by atoms with van der Waals surface area (Å²) >= 11 is 0. The summed E-state index contributed by atoms with van der Waals surface area (Å²) in [6.45, 7) is 6.47. The smallest absolute Gasteiger partial charge is 0.429 e. The fourth-order valence-corrected chi connectivity index (χ4v) is 0.476. The van der Waals surface area contributed by atoms with Crippen LogP contribution in [0.1, 0.15) is 27.7 Å². The largest absolute Gasteiger partial charge is 0.509 e. The SMILES string of the molecule is C[C@H](OC(=O)OC(C)(C)C)C(N)=O. The van der Waals surface area contributed by atoms with Gasteiger partial charge in [-0.15, -0.1) is 0 Å². The monoisotopic (exact) mass is 189 g/mol. The van der Waals surface area contributed by atoms with Crippen molar-refractivity contribution in [2.45, 2.75) is 39.4 Å². The van der Waals surface area contributed by atoms with E-state index in [4.69, 9.17) is 10.5 Å². The van der Waals surface area contributed by atoms with E-state index in [0.717, 1.165) is 0 Å². The van der Waals surface area contributed by atoms with Crippen LogP contribution in [0.3, 0.4) is 0 Å². The van der Waals surface area contributed by atoms with E-state index in [1.165, 1.54) is 6.92 Å². The maximum atomic E-state index is 10.9. The Morgan fingerprint density at radius 3 is 2.08 bits per heavy atom. The van der Waals surface area contributed by atoms with Crippen molar-refractivity contribution in [1.82, 2.24) is 0 Å². The highest BCUT2D eigenvalue weighted by Gasteiger charge is 2.21. The molecule has 0 aliphatic carbocycles. The van der Waals surface area contributed by atoms with Crippen molar-refractivity contribution < 1.29 is 19.1 Å². The van der Waals surface area contributed by atoms with E-state index in [0.29, 0.717) is 0 Å². The summed E-state index contributed by atoms with van der Waals surface area (Å²) in [7, 11) is 0. The van der Waals surface area contributed by atoms with Crippen molar-refractivity contribution in [3.8, 4) is 0 Å². The number of hydrogen-bond donors (Lipinski definition) is 1. The predicted octanol–water partition coefficient (Wildman–Crippen LogP) is 0.812. The van der Waals surface area contributed by atoms with Gasteiger partial charge in [0.15, 0.2) is 6.10 Å². The Balaban J connectivity index is 3.96. The summed E-state index contributed by atoms with van der Waals surface area (Å²) in [5.41, 5.74) is 4.25. The number of hydrogen-bond acceptors (Lipinski definition) is 4. The number of carbonyl (C=O) groups is 2. The van der Waals surface area contributed by atoms with Gasteiger partial charge in [0.25, 0.3) is 5.91 Å². The van der Waals surface area contributed by atoms with Crippen LogP contribution in [0.5, 0.6) is 0 Å². The maximum absolute atomic E-state index is 10.9. The van der Waals surface area contributed by atoms with E-state index in [1.54, 1.807) is 20.8 Å². The minimum absolute atomic E-state index is 0.631. The minimum Gasteiger partial charge on any atom is -0.429 e. The zero-order valence-electron chi connectivity index (χ0n) is 8.29. The van der Waals surface area contributed by atoms with Crippen LogP contribution in [0.2, 0.25) is 0 Å². The molecule has 0 spiro atoms. The molecule has 76 valence electrons. The molecular weight excluding hydrogens is 174 g/mol. The molecule has 0 heterocycles. The number of nitrogens with two attached hydrogens (primary N) is 1. The third-order valence-electron chi connectivity index (χ3n) is 1.06. The quantitative estimate of drug-likeness (QED) is 0.652. The Morgan fingerprint density at radius 1 is 1.31 bits per heavy atom. The molecule has 0 radical (unpaired) electrons. The Kier molecular flexibility index (Phi) is 3.71. The van der Waals surface area contributed by atoms with Crippen molar-refractivity contribution in [3.63, 3.8) is 0 Å². The third kappa shape index (κ3) is 5.95. The molecule has 1 amide bonds. The van der Waals surface area contributed by atoms with Crippen LogP contribution in [0.4, 0.5) is 4.79 Å². The molecule has 0 aromatic heterocycles. The molecule has 0 saturated heterocycles. The molecule has 1 atom stereocenters. The van der Waals surface area contributed by atoms with Crippen molar-refractivity contribution in [2.24, 2.45) is 5.73 Å². The molecule has 0 aromatic rings. The first-order chi connectivity index (χ1) is 5.72. The van der Waals surface area contributed by atoms with Gasteiger partial charge in [-0.3, -0.25) is 4.79 Å². The average Bonchev–Trinajstić information content (AvgIpc) is 1.81. The Labute approximate surface area is 77.2 Å². The summed E-state index contributed by atoms with van der Waals surface area (Å²) in [6.07, 6.45) is -1.85. The van der Waals surface area contributed by atoms with Crippen LogP contribution in [0.25, 0.3) is 0 Å². The third-order valence-corrected chi connectivity index (χ3v) is 1.06. The fraction of sp³-hybridized carbons (Fsp3) is 0.750. The van der Waals surface area contributed by atoms with Crippen LogP contribution in [0.15, 0.2) is 0 Å². The van der Waals surface area contributed by atoms with Gasteiger partial charge >= 0.3 is 6.16 Å². The maximum Gasteiger partial charge on any atom is 0.509 e. The summed E-state index contributed by atoms with van der Waals surface area (Å²) in [5, 5.41) is 0. The van der Waals surface area contributed by atoms with E-state index < -0.39 is 23.8 Å². The highest BCUT2D eigenvalue weighted by atomic mass is 16.7. The van der Waals surface area contributed by atoms with Gasteiger partial charge in [-0.1, -0.05) is 0 Å². The van der Waals surface area contributed by atoms with Crippen LogP contribution in [0, 0.1) is 0 Å². The Bertz CT molecular complexity index is 207. The molecular formula is C8H15NO4. The topological polar surface area (TPSA) is 78.6 Å². The first-order valence-electron chi connectivity index (χ1n) is 3.91. The number of rotatable bonds is 2. The second-order valence-corrected chi connectivity index (χ2v) is 3.63. The van der Waals surface area contributed by atoms with Crippen LogP contribution < -0.4 is 5.73 Å². The van der Waals surface area contributed by atoms with E-state index in [1.807, 2.05) is 0 Å². The molecule has 13 heavy (non-hydrogen) atoms. The number of primary amides is 1. The van der Waals surface area contributed by atoms with Crippen molar-refractivity contribution >= 4 is 12.1 Å². The first-order valence-corrected chi connectivity index (χ1v) is 3.91. The van der Waals surface area contributed by atoms with Gasteiger partial charge < -0.3 is 15.2 Å². The highest BCUT2D eigenvalue weighted by molar-refractivity contribution is 5.80. The van der Waals surface area contributed by atoms with Gasteiger partial charge in [0, 0.05) is 0 Å². The van der Waals surface area contributed by atoms with Gasteiger partial charge in [0.1, 0.15) is 5.60 Å². The van der Waals surface area contributed by atoms with Crippen LogP contribution >= 0.6 is 0 Å². The zero-order valence-corrected chi connectivity index (χ0v) is 8.29. The average molecular weight is 189 g/mol. The second-order valence-electron chi connectivity index (χ2n) is 3.63. The van der Waals surface area contributed by atoms with Crippen molar-refractivity contribution in [3.05, 3.63) is 0 Å². The lowest BCUT2D eigenvalue weighted by atomic mass is 10.2. The van der Waals surface area contributed by atoms with E-state index in [9.17, 15) is 9.59 Å². The van der Waals surface area contributed by atoms with Crippen LogP contribution in [-0.4, -0.2) is 23.8 Å². The van der Waals surface area contributed by atoms with Crippen molar-refractivity contribution in [2.75, 3.05) is 0 Å². The van der Waals surface area contributed by atoms with E-state index in [2.05, 4.69) is 4.74 Å². The summed E-state index contributed by atoms with van der Waals surface area (Å²) in [4.78, 5) is 21.4. The summed E-state index contributed by atoms with van der Waals surface area (Å²) in [6, 6.07) is 0.